The Morgan fingerprint density at radius 2 is 1.79 bits per heavy atom. The van der Waals surface area contributed by atoms with Crippen LogP contribution in [-0.4, -0.2) is 34.2 Å². The molecule has 5 aromatic rings. The van der Waals surface area contributed by atoms with Crippen LogP contribution in [0.25, 0.3) is 39.5 Å². The Morgan fingerprint density at radius 1 is 1.00 bits per heavy atom. The first kappa shape index (κ1) is 25.3. The highest BCUT2D eigenvalue weighted by Gasteiger charge is 2.38. The third-order valence-electron chi connectivity index (χ3n) is 7.11. The first-order valence-electron chi connectivity index (χ1n) is 12.4. The number of hydrogen-bond acceptors (Lipinski definition) is 7. The second-order valence-corrected chi connectivity index (χ2v) is 11.7. The minimum Gasteiger partial charge on any atom is -0.383 e. The van der Waals surface area contributed by atoms with Crippen LogP contribution < -0.4 is 15.3 Å². The maximum absolute atomic E-state index is 11.8. The lowest BCUT2D eigenvalue weighted by atomic mass is 9.73. The quantitative estimate of drug-likeness (QED) is 0.233. The van der Waals surface area contributed by atoms with Crippen LogP contribution in [0.1, 0.15) is 24.8 Å². The van der Waals surface area contributed by atoms with Gasteiger partial charge in [-0.05, 0) is 85.1 Å². The molecule has 3 aromatic heterocycles. The summed E-state index contributed by atoms with van der Waals surface area (Å²) in [6.45, 7) is 0. The van der Waals surface area contributed by atoms with Gasteiger partial charge in [-0.25, -0.2) is 28.2 Å². The van der Waals surface area contributed by atoms with Crippen molar-refractivity contribution in [2.24, 2.45) is 0 Å². The lowest BCUT2D eigenvalue weighted by molar-refractivity contribution is 0.227. The van der Waals surface area contributed by atoms with E-state index in [1.165, 1.54) is 0 Å². The number of nitrogens with two attached hydrogens (primary N) is 1. The first-order chi connectivity index (χ1) is 18.8. The van der Waals surface area contributed by atoms with Gasteiger partial charge in [0.2, 0.25) is 10.0 Å². The van der Waals surface area contributed by atoms with Gasteiger partial charge in [0.1, 0.15) is 11.3 Å². The number of aromatic nitrogens is 4. The number of sulfonamides is 1. The Hall–Kier alpha value is -3.99. The molecule has 1 fully saturated rings. The molecule has 39 heavy (non-hydrogen) atoms. The Bertz CT molecular complexity index is 1790. The van der Waals surface area contributed by atoms with Crippen molar-refractivity contribution in [3.8, 4) is 28.3 Å². The van der Waals surface area contributed by atoms with Gasteiger partial charge >= 0.3 is 0 Å². The van der Waals surface area contributed by atoms with Gasteiger partial charge in [0.15, 0.2) is 11.5 Å². The van der Waals surface area contributed by atoms with Crippen LogP contribution in [0.15, 0.2) is 79.0 Å². The van der Waals surface area contributed by atoms with E-state index in [1.807, 2.05) is 47.0 Å². The molecule has 0 bridgehead atoms. The van der Waals surface area contributed by atoms with E-state index in [2.05, 4.69) is 26.7 Å². The molecule has 0 atom stereocenters. The van der Waals surface area contributed by atoms with Gasteiger partial charge in [0.25, 0.3) is 0 Å². The standard InChI is InChI=1S/C28H26ClN7O2S/c1-39(37,38)34-20-6-2-5-18(17-20)23-12-13-24-27(32-23)36(26(33-24)22-7-3-16-31-25(22)30)21-10-8-19(9-11-21)28(35-29)14-4-15-28/h2-3,5-13,16-17,34-35H,4,14-15H2,1H3,(H2,30,31). The van der Waals surface area contributed by atoms with Gasteiger partial charge in [0.05, 0.1) is 23.1 Å². The molecule has 1 aliphatic rings. The van der Waals surface area contributed by atoms with E-state index >= 15 is 0 Å². The summed E-state index contributed by atoms with van der Waals surface area (Å²) in [5.74, 6) is 0.986. The molecule has 0 saturated heterocycles. The van der Waals surface area contributed by atoms with E-state index in [1.54, 1.807) is 24.4 Å². The second-order valence-electron chi connectivity index (χ2n) is 9.78. The topological polar surface area (TPSA) is 128 Å². The van der Waals surface area contributed by atoms with E-state index in [4.69, 9.17) is 27.5 Å². The van der Waals surface area contributed by atoms with Gasteiger partial charge < -0.3 is 5.73 Å². The van der Waals surface area contributed by atoms with Crippen molar-refractivity contribution in [2.45, 2.75) is 24.8 Å². The number of nitrogens with zero attached hydrogens (tertiary/aromatic N) is 4. The summed E-state index contributed by atoms with van der Waals surface area (Å²) in [5.41, 5.74) is 12.0. The number of imidazole rings is 1. The molecular formula is C28H26ClN7O2S. The third-order valence-corrected chi connectivity index (χ3v) is 8.08. The molecule has 4 N–H and O–H groups in total. The molecule has 1 saturated carbocycles. The zero-order valence-electron chi connectivity index (χ0n) is 21.1. The van der Waals surface area contributed by atoms with E-state index in [0.717, 1.165) is 42.3 Å². The Kier molecular flexibility index (Phi) is 6.25. The van der Waals surface area contributed by atoms with Crippen molar-refractivity contribution in [3.63, 3.8) is 0 Å². The Morgan fingerprint density at radius 3 is 2.46 bits per heavy atom. The third kappa shape index (κ3) is 4.71. The van der Waals surface area contributed by atoms with Crippen LogP contribution in [0.4, 0.5) is 11.5 Å². The molecular weight excluding hydrogens is 534 g/mol. The number of benzene rings is 2. The van der Waals surface area contributed by atoms with Crippen LogP contribution in [0, 0.1) is 0 Å². The molecule has 9 nitrogen and oxygen atoms in total. The molecule has 6 rings (SSSR count). The summed E-state index contributed by atoms with van der Waals surface area (Å²) in [6.07, 6.45) is 5.87. The molecule has 1 aliphatic carbocycles. The summed E-state index contributed by atoms with van der Waals surface area (Å²) in [4.78, 5) is 17.1. The van der Waals surface area contributed by atoms with Gasteiger partial charge in [-0.3, -0.25) is 9.29 Å². The van der Waals surface area contributed by atoms with Crippen LogP contribution in [0.5, 0.6) is 0 Å². The normalized spacial score (nSPS) is 14.7. The van der Waals surface area contributed by atoms with Crippen molar-refractivity contribution in [3.05, 3.63) is 84.6 Å². The van der Waals surface area contributed by atoms with Gasteiger partial charge in [0, 0.05) is 23.1 Å². The van der Waals surface area contributed by atoms with E-state index in [-0.39, 0.29) is 5.54 Å². The fourth-order valence-corrected chi connectivity index (χ4v) is 5.86. The number of anilines is 2. The number of rotatable bonds is 7. The van der Waals surface area contributed by atoms with Crippen molar-refractivity contribution in [2.75, 3.05) is 16.7 Å². The Balaban J connectivity index is 1.51. The summed E-state index contributed by atoms with van der Waals surface area (Å²) >= 11 is 6.12. The molecule has 0 radical (unpaired) electrons. The summed E-state index contributed by atoms with van der Waals surface area (Å²) in [6, 6.07) is 22.8. The molecule has 2 aromatic carbocycles. The molecule has 0 spiro atoms. The summed E-state index contributed by atoms with van der Waals surface area (Å²) < 4.78 is 28.0. The second kappa shape index (κ2) is 9.64. The molecule has 3 heterocycles. The number of halogens is 1. The van der Waals surface area contributed by atoms with Crippen LogP contribution in [0.2, 0.25) is 0 Å². The van der Waals surface area contributed by atoms with Crippen molar-refractivity contribution < 1.29 is 8.42 Å². The Labute approximate surface area is 231 Å². The van der Waals surface area contributed by atoms with Crippen molar-refractivity contribution in [1.29, 1.82) is 0 Å². The van der Waals surface area contributed by atoms with Crippen molar-refractivity contribution in [1.82, 2.24) is 24.4 Å². The zero-order chi connectivity index (χ0) is 27.2. The molecule has 11 heteroatoms. The maximum Gasteiger partial charge on any atom is 0.229 e. The number of pyridine rings is 2. The number of fused-ring (bicyclic) bond motifs is 1. The largest absolute Gasteiger partial charge is 0.383 e. The first-order valence-corrected chi connectivity index (χ1v) is 14.7. The fourth-order valence-electron chi connectivity index (χ4n) is 5.00. The van der Waals surface area contributed by atoms with Gasteiger partial charge in [-0.2, -0.15) is 0 Å². The molecule has 198 valence electrons. The number of nitrogen functional groups attached to an aromatic ring is 1. The highest BCUT2D eigenvalue weighted by molar-refractivity contribution is 7.92. The highest BCUT2D eigenvalue weighted by Crippen LogP contribution is 2.42. The van der Waals surface area contributed by atoms with Crippen LogP contribution in [0.3, 0.4) is 0 Å². The molecule has 0 amide bonds. The minimum absolute atomic E-state index is 0.204. The highest BCUT2D eigenvalue weighted by atomic mass is 35.5. The van der Waals surface area contributed by atoms with E-state index < -0.39 is 10.0 Å². The average molecular weight is 560 g/mol. The van der Waals surface area contributed by atoms with Crippen LogP contribution >= 0.6 is 11.8 Å². The minimum atomic E-state index is -3.41. The lowest BCUT2D eigenvalue weighted by Crippen LogP contribution is -2.43. The average Bonchev–Trinajstić information content (AvgIpc) is 3.27. The number of hydrogen-bond donors (Lipinski definition) is 3. The summed E-state index contributed by atoms with van der Waals surface area (Å²) in [5, 5.41) is 0. The predicted octanol–water partition coefficient (Wildman–Crippen LogP) is 5.23. The lowest BCUT2D eigenvalue weighted by Gasteiger charge is -2.41. The van der Waals surface area contributed by atoms with E-state index in [9.17, 15) is 8.42 Å². The number of nitrogens with one attached hydrogen (secondary N) is 2. The fraction of sp³-hybridized carbons (Fsp3) is 0.179. The maximum atomic E-state index is 11.8. The zero-order valence-corrected chi connectivity index (χ0v) is 22.7. The summed E-state index contributed by atoms with van der Waals surface area (Å²) in [7, 11) is -3.41. The predicted molar refractivity (Wildman–Crippen MR) is 155 cm³/mol. The van der Waals surface area contributed by atoms with Crippen molar-refractivity contribution >= 4 is 44.5 Å². The van der Waals surface area contributed by atoms with Gasteiger partial charge in [-0.15, -0.1) is 0 Å². The van der Waals surface area contributed by atoms with Gasteiger partial charge in [-0.1, -0.05) is 24.3 Å². The monoisotopic (exact) mass is 559 g/mol. The SMILES string of the molecule is CS(=O)(=O)Nc1cccc(-c2ccc3nc(-c4cccnc4N)n(-c4ccc(C5(NCl)CCC5)cc4)c3n2)c1. The molecule has 0 aliphatic heterocycles. The van der Waals surface area contributed by atoms with E-state index in [0.29, 0.717) is 39.8 Å². The molecule has 0 unspecified atom stereocenters. The van der Waals surface area contributed by atoms with Crippen LogP contribution in [-0.2, 0) is 15.6 Å². The smallest absolute Gasteiger partial charge is 0.229 e.